The van der Waals surface area contributed by atoms with Crippen molar-refractivity contribution in [3.63, 3.8) is 0 Å². The molecule has 1 atom stereocenters. The zero-order valence-electron chi connectivity index (χ0n) is 14.2. The third kappa shape index (κ3) is 4.08. The Kier molecular flexibility index (Phi) is 6.25. The highest BCUT2D eigenvalue weighted by Gasteiger charge is 2.28. The highest BCUT2D eigenvalue weighted by atomic mass is 15.2. The predicted octanol–water partition coefficient (Wildman–Crippen LogP) is 4.37. The van der Waals surface area contributed by atoms with Gasteiger partial charge in [-0.05, 0) is 42.9 Å². The van der Waals surface area contributed by atoms with Crippen LogP contribution in [-0.4, -0.2) is 24.0 Å². The lowest BCUT2D eigenvalue weighted by Gasteiger charge is -2.39. The van der Waals surface area contributed by atoms with Gasteiger partial charge in [0, 0.05) is 25.2 Å². The first-order valence-corrected chi connectivity index (χ1v) is 8.71. The van der Waals surface area contributed by atoms with Crippen LogP contribution in [0.3, 0.4) is 0 Å². The van der Waals surface area contributed by atoms with Gasteiger partial charge >= 0.3 is 0 Å². The average molecular weight is 288 g/mol. The van der Waals surface area contributed by atoms with E-state index in [1.54, 1.807) is 5.56 Å². The van der Waals surface area contributed by atoms with Crippen molar-refractivity contribution >= 4 is 0 Å². The quantitative estimate of drug-likeness (QED) is 0.836. The molecule has 1 aliphatic heterocycles. The number of hydrogen-bond acceptors (Lipinski definition) is 2. The van der Waals surface area contributed by atoms with E-state index in [0.29, 0.717) is 18.0 Å². The molecule has 21 heavy (non-hydrogen) atoms. The summed E-state index contributed by atoms with van der Waals surface area (Å²) in [5, 5.41) is 3.59. The molecule has 0 aliphatic carbocycles. The van der Waals surface area contributed by atoms with Crippen molar-refractivity contribution in [3.8, 4) is 0 Å². The lowest BCUT2D eigenvalue weighted by molar-refractivity contribution is 0.104. The van der Waals surface area contributed by atoms with Crippen molar-refractivity contribution in [2.75, 3.05) is 13.1 Å². The van der Waals surface area contributed by atoms with Gasteiger partial charge in [0.1, 0.15) is 0 Å². The minimum absolute atomic E-state index is 0.573. The monoisotopic (exact) mass is 288 g/mol. The smallest absolute Gasteiger partial charge is 0.0366 e. The van der Waals surface area contributed by atoms with Crippen LogP contribution in [0.15, 0.2) is 24.3 Å². The Labute approximate surface area is 130 Å². The van der Waals surface area contributed by atoms with E-state index in [4.69, 9.17) is 0 Å². The molecule has 0 aromatic heterocycles. The van der Waals surface area contributed by atoms with E-state index in [-0.39, 0.29) is 0 Å². The Morgan fingerprint density at radius 2 is 1.90 bits per heavy atom. The molecular formula is C19H32N2. The standard InChI is InChI=1S/C19H32N2/c1-5-17(6-2)21(14-15(3)4)19-11-12-20-13-16-9-7-8-10-18(16)19/h7-10,15,17,19-20H,5-6,11-14H2,1-4H3. The molecule has 0 saturated carbocycles. The van der Waals surface area contributed by atoms with Gasteiger partial charge in [-0.3, -0.25) is 4.90 Å². The normalized spacial score (nSPS) is 19.1. The van der Waals surface area contributed by atoms with E-state index in [0.717, 1.165) is 13.1 Å². The largest absolute Gasteiger partial charge is 0.313 e. The second kappa shape index (κ2) is 7.95. The van der Waals surface area contributed by atoms with Crippen molar-refractivity contribution in [1.29, 1.82) is 0 Å². The fourth-order valence-corrected chi connectivity index (χ4v) is 3.69. The van der Waals surface area contributed by atoms with Crippen molar-refractivity contribution in [3.05, 3.63) is 35.4 Å². The number of benzene rings is 1. The average Bonchev–Trinajstić information content (AvgIpc) is 2.69. The second-order valence-corrected chi connectivity index (χ2v) is 6.74. The van der Waals surface area contributed by atoms with Crippen LogP contribution in [0, 0.1) is 5.92 Å². The van der Waals surface area contributed by atoms with Crippen LogP contribution in [0.2, 0.25) is 0 Å². The molecule has 0 bridgehead atoms. The van der Waals surface area contributed by atoms with Crippen LogP contribution < -0.4 is 5.32 Å². The maximum atomic E-state index is 3.59. The first-order valence-electron chi connectivity index (χ1n) is 8.71. The van der Waals surface area contributed by atoms with Crippen molar-refractivity contribution in [2.24, 2.45) is 5.92 Å². The van der Waals surface area contributed by atoms with Gasteiger partial charge in [-0.1, -0.05) is 52.0 Å². The third-order valence-corrected chi connectivity index (χ3v) is 4.71. The maximum Gasteiger partial charge on any atom is 0.0366 e. The predicted molar refractivity (Wildman–Crippen MR) is 91.4 cm³/mol. The maximum absolute atomic E-state index is 3.59. The summed E-state index contributed by atoms with van der Waals surface area (Å²) >= 11 is 0. The summed E-state index contributed by atoms with van der Waals surface area (Å²) in [7, 11) is 0. The molecule has 2 rings (SSSR count). The fraction of sp³-hybridized carbons (Fsp3) is 0.684. The van der Waals surface area contributed by atoms with Gasteiger partial charge in [-0.2, -0.15) is 0 Å². The number of hydrogen-bond donors (Lipinski definition) is 1. The fourth-order valence-electron chi connectivity index (χ4n) is 3.69. The van der Waals surface area contributed by atoms with Crippen molar-refractivity contribution in [2.45, 2.75) is 65.6 Å². The third-order valence-electron chi connectivity index (χ3n) is 4.71. The lowest BCUT2D eigenvalue weighted by Crippen LogP contribution is -2.40. The molecule has 1 unspecified atom stereocenters. The number of rotatable bonds is 6. The first-order chi connectivity index (χ1) is 10.2. The summed E-state index contributed by atoms with van der Waals surface area (Å²) in [5.41, 5.74) is 3.04. The Balaban J connectivity index is 2.33. The Bertz CT molecular complexity index is 423. The molecule has 0 saturated heterocycles. The van der Waals surface area contributed by atoms with Crippen LogP contribution in [0.25, 0.3) is 0 Å². The topological polar surface area (TPSA) is 15.3 Å². The molecule has 2 heteroatoms. The van der Waals surface area contributed by atoms with E-state index in [2.05, 4.69) is 62.2 Å². The van der Waals surface area contributed by atoms with E-state index in [1.807, 2.05) is 0 Å². The van der Waals surface area contributed by atoms with Crippen molar-refractivity contribution in [1.82, 2.24) is 10.2 Å². The number of fused-ring (bicyclic) bond motifs is 1. The van der Waals surface area contributed by atoms with Gasteiger partial charge in [0.15, 0.2) is 0 Å². The van der Waals surface area contributed by atoms with E-state index in [1.165, 1.54) is 31.4 Å². The van der Waals surface area contributed by atoms with Crippen LogP contribution in [0.4, 0.5) is 0 Å². The molecular weight excluding hydrogens is 256 g/mol. The van der Waals surface area contributed by atoms with Crippen LogP contribution >= 0.6 is 0 Å². The Hall–Kier alpha value is -0.860. The molecule has 0 amide bonds. The summed E-state index contributed by atoms with van der Waals surface area (Å²) in [6.45, 7) is 12.7. The highest BCUT2D eigenvalue weighted by molar-refractivity contribution is 5.31. The summed E-state index contributed by atoms with van der Waals surface area (Å²) in [6.07, 6.45) is 3.71. The summed E-state index contributed by atoms with van der Waals surface area (Å²) in [5.74, 6) is 0.717. The summed E-state index contributed by atoms with van der Waals surface area (Å²) < 4.78 is 0. The minimum Gasteiger partial charge on any atom is -0.313 e. The van der Waals surface area contributed by atoms with E-state index in [9.17, 15) is 0 Å². The molecule has 1 aromatic carbocycles. The molecule has 1 aromatic rings. The van der Waals surface area contributed by atoms with Gasteiger partial charge in [0.05, 0.1) is 0 Å². The summed E-state index contributed by atoms with van der Waals surface area (Å²) in [4.78, 5) is 2.79. The summed E-state index contributed by atoms with van der Waals surface area (Å²) in [6, 6.07) is 10.3. The lowest BCUT2D eigenvalue weighted by atomic mass is 9.94. The van der Waals surface area contributed by atoms with E-state index >= 15 is 0 Å². The molecule has 118 valence electrons. The zero-order chi connectivity index (χ0) is 15.2. The first kappa shape index (κ1) is 16.5. The SMILES string of the molecule is CCC(CC)N(CC(C)C)C1CCNCc2ccccc21. The van der Waals surface area contributed by atoms with Crippen molar-refractivity contribution < 1.29 is 0 Å². The molecule has 1 N–H and O–H groups in total. The number of nitrogens with one attached hydrogen (secondary N) is 1. The molecule has 0 spiro atoms. The van der Waals surface area contributed by atoms with Gasteiger partial charge in [-0.15, -0.1) is 0 Å². The van der Waals surface area contributed by atoms with Crippen LogP contribution in [-0.2, 0) is 6.54 Å². The minimum atomic E-state index is 0.573. The Morgan fingerprint density at radius 3 is 2.57 bits per heavy atom. The second-order valence-electron chi connectivity index (χ2n) is 6.74. The van der Waals surface area contributed by atoms with Gasteiger partial charge < -0.3 is 5.32 Å². The zero-order valence-corrected chi connectivity index (χ0v) is 14.2. The van der Waals surface area contributed by atoms with Crippen LogP contribution in [0.5, 0.6) is 0 Å². The number of nitrogens with zero attached hydrogens (tertiary/aromatic N) is 1. The Morgan fingerprint density at radius 1 is 1.19 bits per heavy atom. The molecule has 1 aliphatic rings. The molecule has 2 nitrogen and oxygen atoms in total. The van der Waals surface area contributed by atoms with Crippen LogP contribution in [0.1, 0.15) is 64.1 Å². The highest BCUT2D eigenvalue weighted by Crippen LogP contribution is 2.32. The van der Waals surface area contributed by atoms with Gasteiger partial charge in [-0.25, -0.2) is 0 Å². The van der Waals surface area contributed by atoms with Gasteiger partial charge in [0.2, 0.25) is 0 Å². The van der Waals surface area contributed by atoms with E-state index < -0.39 is 0 Å². The van der Waals surface area contributed by atoms with Gasteiger partial charge in [0.25, 0.3) is 0 Å². The molecule has 0 radical (unpaired) electrons. The molecule has 0 fully saturated rings. The molecule has 1 heterocycles.